The van der Waals surface area contributed by atoms with Gasteiger partial charge in [-0.2, -0.15) is 0 Å². The SMILES string of the molecule is COCCOc1ccccc1C1(O)CCCC(OC)C1. The van der Waals surface area contributed by atoms with E-state index in [9.17, 15) is 5.11 Å². The lowest BCUT2D eigenvalue weighted by atomic mass is 9.78. The predicted molar refractivity (Wildman–Crippen MR) is 77.0 cm³/mol. The van der Waals surface area contributed by atoms with E-state index in [2.05, 4.69) is 0 Å². The molecule has 1 aliphatic rings. The lowest BCUT2D eigenvalue weighted by molar-refractivity contribution is -0.0645. The van der Waals surface area contributed by atoms with Crippen LogP contribution < -0.4 is 4.74 Å². The quantitative estimate of drug-likeness (QED) is 0.813. The van der Waals surface area contributed by atoms with E-state index in [1.165, 1.54) is 0 Å². The molecule has 4 nitrogen and oxygen atoms in total. The van der Waals surface area contributed by atoms with Gasteiger partial charge >= 0.3 is 0 Å². The van der Waals surface area contributed by atoms with Crippen LogP contribution in [0.2, 0.25) is 0 Å². The summed E-state index contributed by atoms with van der Waals surface area (Å²) in [7, 11) is 3.35. The van der Waals surface area contributed by atoms with Crippen molar-refractivity contribution < 1.29 is 19.3 Å². The zero-order valence-corrected chi connectivity index (χ0v) is 12.3. The van der Waals surface area contributed by atoms with Crippen LogP contribution in [0.25, 0.3) is 0 Å². The zero-order chi connectivity index (χ0) is 14.4. The number of hydrogen-bond acceptors (Lipinski definition) is 4. The van der Waals surface area contributed by atoms with Gasteiger partial charge in [0, 0.05) is 26.2 Å². The predicted octanol–water partition coefficient (Wildman–Crippen LogP) is 2.49. The molecule has 112 valence electrons. The van der Waals surface area contributed by atoms with E-state index in [0.29, 0.717) is 19.6 Å². The molecule has 0 saturated heterocycles. The first-order chi connectivity index (χ1) is 9.69. The summed E-state index contributed by atoms with van der Waals surface area (Å²) in [4.78, 5) is 0. The molecule has 0 amide bonds. The minimum Gasteiger partial charge on any atom is -0.491 e. The molecule has 1 aliphatic carbocycles. The van der Waals surface area contributed by atoms with Gasteiger partial charge in [-0.3, -0.25) is 0 Å². The van der Waals surface area contributed by atoms with Crippen molar-refractivity contribution >= 4 is 0 Å². The van der Waals surface area contributed by atoms with Gasteiger partial charge in [0.15, 0.2) is 0 Å². The van der Waals surface area contributed by atoms with Gasteiger partial charge in [-0.05, 0) is 25.3 Å². The normalized spacial score (nSPS) is 26.4. The molecule has 0 aromatic heterocycles. The monoisotopic (exact) mass is 280 g/mol. The number of rotatable bonds is 6. The Balaban J connectivity index is 2.17. The first-order valence-electron chi connectivity index (χ1n) is 7.16. The van der Waals surface area contributed by atoms with Gasteiger partial charge in [0.05, 0.1) is 18.3 Å². The Hall–Kier alpha value is -1.10. The van der Waals surface area contributed by atoms with Crippen LogP contribution in [0.1, 0.15) is 31.2 Å². The van der Waals surface area contributed by atoms with Crippen molar-refractivity contribution in [3.8, 4) is 5.75 Å². The first kappa shape index (κ1) is 15.3. The van der Waals surface area contributed by atoms with Gasteiger partial charge in [0.1, 0.15) is 12.4 Å². The molecule has 0 aliphatic heterocycles. The molecule has 2 rings (SSSR count). The number of ether oxygens (including phenoxy) is 3. The lowest BCUT2D eigenvalue weighted by Gasteiger charge is -2.37. The van der Waals surface area contributed by atoms with E-state index in [0.717, 1.165) is 30.6 Å². The summed E-state index contributed by atoms with van der Waals surface area (Å²) in [5.41, 5.74) is 0.000583. The minimum absolute atomic E-state index is 0.112. The van der Waals surface area contributed by atoms with Gasteiger partial charge in [-0.15, -0.1) is 0 Å². The highest BCUT2D eigenvalue weighted by atomic mass is 16.5. The Morgan fingerprint density at radius 3 is 2.80 bits per heavy atom. The summed E-state index contributed by atoms with van der Waals surface area (Å²) in [6.45, 7) is 1.02. The van der Waals surface area contributed by atoms with E-state index < -0.39 is 5.60 Å². The van der Waals surface area contributed by atoms with E-state index in [1.54, 1.807) is 14.2 Å². The van der Waals surface area contributed by atoms with Crippen molar-refractivity contribution in [3.05, 3.63) is 29.8 Å². The number of aliphatic hydroxyl groups is 1. The molecule has 1 N–H and O–H groups in total. The second kappa shape index (κ2) is 7.07. The molecule has 1 aromatic carbocycles. The van der Waals surface area contributed by atoms with E-state index in [-0.39, 0.29) is 6.10 Å². The van der Waals surface area contributed by atoms with E-state index in [1.807, 2.05) is 24.3 Å². The second-order valence-electron chi connectivity index (χ2n) is 5.32. The minimum atomic E-state index is -0.859. The Morgan fingerprint density at radius 2 is 2.05 bits per heavy atom. The third-order valence-electron chi connectivity index (χ3n) is 3.95. The fourth-order valence-electron chi connectivity index (χ4n) is 2.86. The van der Waals surface area contributed by atoms with Crippen LogP contribution >= 0.6 is 0 Å². The van der Waals surface area contributed by atoms with Crippen LogP contribution in [-0.4, -0.2) is 38.6 Å². The summed E-state index contributed by atoms with van der Waals surface area (Å²) in [5.74, 6) is 0.740. The molecule has 0 bridgehead atoms. The molecule has 2 atom stereocenters. The van der Waals surface area contributed by atoms with Gasteiger partial charge in [-0.1, -0.05) is 18.2 Å². The van der Waals surface area contributed by atoms with Gasteiger partial charge < -0.3 is 19.3 Å². The largest absolute Gasteiger partial charge is 0.491 e. The Labute approximate surface area is 120 Å². The Kier molecular flexibility index (Phi) is 5.40. The molecular weight excluding hydrogens is 256 g/mol. The fourth-order valence-corrected chi connectivity index (χ4v) is 2.86. The lowest BCUT2D eigenvalue weighted by Crippen LogP contribution is -2.36. The molecule has 4 heteroatoms. The van der Waals surface area contributed by atoms with Crippen molar-refractivity contribution in [1.82, 2.24) is 0 Å². The molecule has 0 radical (unpaired) electrons. The molecular formula is C16H24O4. The zero-order valence-electron chi connectivity index (χ0n) is 12.3. The Bertz CT molecular complexity index is 421. The first-order valence-corrected chi connectivity index (χ1v) is 7.16. The average molecular weight is 280 g/mol. The summed E-state index contributed by atoms with van der Waals surface area (Å²) in [6.07, 6.45) is 3.44. The number of hydrogen-bond donors (Lipinski definition) is 1. The van der Waals surface area contributed by atoms with Crippen molar-refractivity contribution in [2.45, 2.75) is 37.4 Å². The van der Waals surface area contributed by atoms with Crippen molar-refractivity contribution in [3.63, 3.8) is 0 Å². The number of methoxy groups -OCH3 is 2. The molecule has 0 spiro atoms. The van der Waals surface area contributed by atoms with Crippen LogP contribution in [0.15, 0.2) is 24.3 Å². The number of benzene rings is 1. The summed E-state index contributed by atoms with van der Waals surface area (Å²) in [5, 5.41) is 11.0. The number of para-hydroxylation sites is 1. The molecule has 20 heavy (non-hydrogen) atoms. The maximum atomic E-state index is 11.0. The van der Waals surface area contributed by atoms with Crippen LogP contribution in [-0.2, 0) is 15.1 Å². The van der Waals surface area contributed by atoms with Crippen molar-refractivity contribution in [2.75, 3.05) is 27.4 Å². The highest BCUT2D eigenvalue weighted by molar-refractivity contribution is 5.38. The van der Waals surface area contributed by atoms with Crippen LogP contribution in [0.3, 0.4) is 0 Å². The highest BCUT2D eigenvalue weighted by Gasteiger charge is 2.38. The molecule has 0 heterocycles. The van der Waals surface area contributed by atoms with Crippen molar-refractivity contribution in [1.29, 1.82) is 0 Å². The van der Waals surface area contributed by atoms with E-state index in [4.69, 9.17) is 14.2 Å². The standard InChI is InChI=1S/C16H24O4/c1-18-10-11-20-15-8-4-3-7-14(15)16(17)9-5-6-13(12-16)19-2/h3-4,7-8,13,17H,5-6,9-12H2,1-2H3. The van der Waals surface area contributed by atoms with Gasteiger partial charge in [0.2, 0.25) is 0 Å². The maximum Gasteiger partial charge on any atom is 0.125 e. The molecule has 1 saturated carbocycles. The van der Waals surface area contributed by atoms with E-state index >= 15 is 0 Å². The third kappa shape index (κ3) is 3.51. The molecule has 2 unspecified atom stereocenters. The van der Waals surface area contributed by atoms with Crippen molar-refractivity contribution in [2.24, 2.45) is 0 Å². The molecule has 1 fully saturated rings. The van der Waals surface area contributed by atoms with Crippen LogP contribution in [0.5, 0.6) is 5.75 Å². The third-order valence-corrected chi connectivity index (χ3v) is 3.95. The maximum absolute atomic E-state index is 11.0. The van der Waals surface area contributed by atoms with Gasteiger partial charge in [0.25, 0.3) is 0 Å². The summed E-state index contributed by atoms with van der Waals surface area (Å²) < 4.78 is 16.2. The van der Waals surface area contributed by atoms with Gasteiger partial charge in [-0.25, -0.2) is 0 Å². The molecule has 1 aromatic rings. The fraction of sp³-hybridized carbons (Fsp3) is 0.625. The Morgan fingerprint density at radius 1 is 1.25 bits per heavy atom. The smallest absolute Gasteiger partial charge is 0.125 e. The summed E-state index contributed by atoms with van der Waals surface area (Å²) >= 11 is 0. The van der Waals surface area contributed by atoms with Crippen LogP contribution in [0, 0.1) is 0 Å². The van der Waals surface area contributed by atoms with Crippen LogP contribution in [0.4, 0.5) is 0 Å². The average Bonchev–Trinajstić information content (AvgIpc) is 2.48. The topological polar surface area (TPSA) is 47.9 Å². The summed E-state index contributed by atoms with van der Waals surface area (Å²) in [6, 6.07) is 7.71. The highest BCUT2D eigenvalue weighted by Crippen LogP contribution is 2.41. The second-order valence-corrected chi connectivity index (χ2v) is 5.32.